The van der Waals surface area contributed by atoms with Crippen molar-refractivity contribution < 1.29 is 9.47 Å². The topological polar surface area (TPSA) is 18.5 Å². The van der Waals surface area contributed by atoms with E-state index in [-0.39, 0.29) is 0 Å². The summed E-state index contributed by atoms with van der Waals surface area (Å²) in [7, 11) is 0. The predicted molar refractivity (Wildman–Crippen MR) is 270 cm³/mol. The van der Waals surface area contributed by atoms with Gasteiger partial charge in [-0.3, -0.25) is 0 Å². The highest BCUT2D eigenvalue weighted by Crippen LogP contribution is 2.62. The summed E-state index contributed by atoms with van der Waals surface area (Å²) in [5, 5.41) is 2.67. The zero-order valence-corrected chi connectivity index (χ0v) is 36.5. The van der Waals surface area contributed by atoms with E-state index in [1.165, 1.54) is 72.0 Å². The van der Waals surface area contributed by atoms with E-state index in [1.807, 2.05) is 6.07 Å². The fraction of sp³-hybridized carbons (Fsp3) is 0.0794. The first kappa shape index (κ1) is 39.9. The van der Waals surface area contributed by atoms with Crippen LogP contribution in [0.4, 0.5) is 0 Å². The van der Waals surface area contributed by atoms with Crippen molar-refractivity contribution >= 4 is 22.4 Å². The summed E-state index contributed by atoms with van der Waals surface area (Å²) in [6.45, 7) is 2.16. The molecule has 0 amide bonds. The normalized spacial score (nSPS) is 14.0. The fourth-order valence-electron chi connectivity index (χ4n) is 10.2. The van der Waals surface area contributed by atoms with Crippen LogP contribution in [0.3, 0.4) is 0 Å². The van der Waals surface area contributed by atoms with E-state index in [0.717, 1.165) is 53.4 Å². The molecule has 0 atom stereocenters. The minimum Gasteiger partial charge on any atom is -0.449 e. The molecule has 9 aromatic carbocycles. The Hall–Kier alpha value is -7.94. The zero-order valence-electron chi connectivity index (χ0n) is 36.5. The van der Waals surface area contributed by atoms with E-state index in [9.17, 15) is 0 Å². The number of benzene rings is 9. The number of fused-ring (bicyclic) bond motifs is 6. The summed E-state index contributed by atoms with van der Waals surface area (Å²) >= 11 is 0. The SMILES string of the molecule is C1=CC2=C(CC1)c1c(ccc3c1Oc1cc(-c4ccccc4/C=C/Cc4ccccc4)ccc1O3)C2(c1ccccc1)c1ccccc1.Cc1ccc(-c2ccccc2)c2ccccc12. The molecular formula is C63H48O2. The minimum atomic E-state index is -0.449. The highest BCUT2D eigenvalue weighted by atomic mass is 16.6. The summed E-state index contributed by atoms with van der Waals surface area (Å²) in [5.41, 5.74) is 15.8. The number of rotatable bonds is 7. The Labute approximate surface area is 382 Å². The van der Waals surface area contributed by atoms with Gasteiger partial charge in [0.15, 0.2) is 23.0 Å². The largest absolute Gasteiger partial charge is 0.449 e. The second-order valence-electron chi connectivity index (χ2n) is 17.0. The average molecular weight is 837 g/mol. The lowest BCUT2D eigenvalue weighted by molar-refractivity contribution is 0.358. The second-order valence-corrected chi connectivity index (χ2v) is 17.0. The number of hydrogen-bond acceptors (Lipinski definition) is 2. The van der Waals surface area contributed by atoms with E-state index < -0.39 is 5.41 Å². The van der Waals surface area contributed by atoms with Gasteiger partial charge < -0.3 is 9.47 Å². The highest BCUT2D eigenvalue weighted by Gasteiger charge is 2.49. The Morgan fingerprint density at radius 3 is 1.92 bits per heavy atom. The number of allylic oxidation sites excluding steroid dienone is 5. The van der Waals surface area contributed by atoms with Crippen LogP contribution in [0.5, 0.6) is 23.0 Å². The summed E-state index contributed by atoms with van der Waals surface area (Å²) in [4.78, 5) is 0. The van der Waals surface area contributed by atoms with Crippen molar-refractivity contribution in [1.29, 1.82) is 0 Å². The van der Waals surface area contributed by atoms with Gasteiger partial charge in [-0.1, -0.05) is 218 Å². The van der Waals surface area contributed by atoms with Crippen LogP contribution < -0.4 is 9.47 Å². The van der Waals surface area contributed by atoms with Crippen LogP contribution in [0, 0.1) is 6.92 Å². The van der Waals surface area contributed by atoms with Gasteiger partial charge in [0.05, 0.1) is 5.41 Å². The van der Waals surface area contributed by atoms with Crippen LogP contribution in [-0.4, -0.2) is 0 Å². The van der Waals surface area contributed by atoms with E-state index in [2.05, 4.69) is 237 Å². The smallest absolute Gasteiger partial charge is 0.177 e. The van der Waals surface area contributed by atoms with Crippen molar-refractivity contribution in [3.05, 3.63) is 275 Å². The van der Waals surface area contributed by atoms with Crippen LogP contribution in [0.25, 0.3) is 44.7 Å². The first-order valence-electron chi connectivity index (χ1n) is 22.7. The van der Waals surface area contributed by atoms with Gasteiger partial charge in [0.2, 0.25) is 0 Å². The number of hydrogen-bond donors (Lipinski definition) is 0. The van der Waals surface area contributed by atoms with Crippen LogP contribution >= 0.6 is 0 Å². The molecule has 0 N–H and O–H groups in total. The van der Waals surface area contributed by atoms with Crippen LogP contribution in [-0.2, 0) is 11.8 Å². The molecule has 0 bridgehead atoms. The van der Waals surface area contributed by atoms with Crippen molar-refractivity contribution in [3.63, 3.8) is 0 Å². The fourth-order valence-corrected chi connectivity index (χ4v) is 10.2. The summed E-state index contributed by atoms with van der Waals surface area (Å²) in [6, 6.07) is 75.2. The van der Waals surface area contributed by atoms with Gasteiger partial charge in [0, 0.05) is 5.56 Å². The predicted octanol–water partition coefficient (Wildman–Crippen LogP) is 16.8. The Morgan fingerprint density at radius 1 is 0.523 bits per heavy atom. The molecule has 0 unspecified atom stereocenters. The minimum absolute atomic E-state index is 0.449. The number of aryl methyl sites for hydroxylation is 1. The van der Waals surface area contributed by atoms with Crippen molar-refractivity contribution in [2.45, 2.75) is 31.6 Å². The molecule has 312 valence electrons. The maximum absolute atomic E-state index is 6.97. The maximum atomic E-state index is 6.97. The van der Waals surface area contributed by atoms with Crippen LogP contribution in [0.2, 0.25) is 0 Å². The third-order valence-corrected chi connectivity index (χ3v) is 13.2. The molecule has 9 aromatic rings. The van der Waals surface area contributed by atoms with Gasteiger partial charge in [-0.05, 0) is 122 Å². The Bertz CT molecular complexity index is 3230. The molecular weight excluding hydrogens is 789 g/mol. The van der Waals surface area contributed by atoms with Gasteiger partial charge in [0.1, 0.15) is 0 Å². The summed E-state index contributed by atoms with van der Waals surface area (Å²) in [5.74, 6) is 3.04. The zero-order chi connectivity index (χ0) is 43.6. The van der Waals surface area contributed by atoms with Crippen LogP contribution in [0.1, 0.15) is 51.8 Å². The standard InChI is InChI=1S/C46H34O2.C17H14/c1-4-15-32(16-5-1)17-14-19-33-18-10-11-24-37(33)34-27-29-41-43(31-34)48-45-42(47-41)30-28-40-44(45)38-25-12-13-26-39(38)46(40,35-20-6-2-7-21-35)36-22-8-3-9-23-36;1-13-11-12-16(14-7-3-2-4-8-14)17-10-6-5-9-15(13)17/h1-11,13-16,18-24,26-31H,12,17,25H2;2-12H,1H3/b19-14+;. The van der Waals surface area contributed by atoms with Gasteiger partial charge in [0.25, 0.3) is 0 Å². The lowest BCUT2D eigenvalue weighted by Gasteiger charge is -2.35. The molecule has 0 fully saturated rings. The van der Waals surface area contributed by atoms with Crippen molar-refractivity contribution in [2.75, 3.05) is 0 Å². The molecule has 0 spiro atoms. The molecule has 2 nitrogen and oxygen atoms in total. The molecule has 0 saturated heterocycles. The monoisotopic (exact) mass is 836 g/mol. The maximum Gasteiger partial charge on any atom is 0.177 e. The van der Waals surface area contributed by atoms with Crippen molar-refractivity contribution in [2.24, 2.45) is 0 Å². The Kier molecular flexibility index (Phi) is 10.6. The molecule has 0 saturated carbocycles. The molecule has 2 aliphatic carbocycles. The first-order chi connectivity index (χ1) is 32.2. The van der Waals surface area contributed by atoms with E-state index >= 15 is 0 Å². The average Bonchev–Trinajstić information content (AvgIpc) is 3.69. The van der Waals surface area contributed by atoms with E-state index in [4.69, 9.17) is 9.47 Å². The third-order valence-electron chi connectivity index (χ3n) is 13.2. The van der Waals surface area contributed by atoms with E-state index in [0.29, 0.717) is 0 Å². The lowest BCUT2D eigenvalue weighted by atomic mass is 9.66. The quantitative estimate of drug-likeness (QED) is 0.159. The molecule has 0 radical (unpaired) electrons. The Balaban J connectivity index is 0.000000231. The highest BCUT2D eigenvalue weighted by molar-refractivity contribution is 5.98. The van der Waals surface area contributed by atoms with Gasteiger partial charge in [-0.15, -0.1) is 0 Å². The van der Waals surface area contributed by atoms with Crippen molar-refractivity contribution in [1.82, 2.24) is 0 Å². The molecule has 0 aromatic heterocycles. The molecule has 2 heteroatoms. The number of ether oxygens (including phenoxy) is 2. The molecule has 65 heavy (non-hydrogen) atoms. The van der Waals surface area contributed by atoms with Crippen molar-refractivity contribution in [3.8, 4) is 45.3 Å². The van der Waals surface area contributed by atoms with Crippen LogP contribution in [0.15, 0.2) is 236 Å². The van der Waals surface area contributed by atoms with Gasteiger partial charge in [-0.2, -0.15) is 0 Å². The third kappa shape index (κ3) is 7.28. The molecule has 3 aliphatic rings. The van der Waals surface area contributed by atoms with Gasteiger partial charge >= 0.3 is 0 Å². The first-order valence-corrected chi connectivity index (χ1v) is 22.7. The second kappa shape index (κ2) is 17.3. The molecule has 1 heterocycles. The van der Waals surface area contributed by atoms with Gasteiger partial charge in [-0.25, -0.2) is 0 Å². The van der Waals surface area contributed by atoms with E-state index in [1.54, 1.807) is 0 Å². The summed E-state index contributed by atoms with van der Waals surface area (Å²) in [6.07, 6.45) is 12.0. The molecule has 12 rings (SSSR count). The summed E-state index contributed by atoms with van der Waals surface area (Å²) < 4.78 is 13.6. The molecule has 1 aliphatic heterocycles. The lowest BCUT2D eigenvalue weighted by Crippen LogP contribution is -2.29. The Morgan fingerprint density at radius 2 is 1.17 bits per heavy atom.